The van der Waals surface area contributed by atoms with Crippen LogP contribution in [0.15, 0.2) is 26.2 Å². The van der Waals surface area contributed by atoms with Gasteiger partial charge in [-0.3, -0.25) is 0 Å². The highest BCUT2D eigenvalue weighted by Gasteiger charge is 2.22. The molecule has 0 atom stereocenters. The topological polar surface area (TPSA) is 58.2 Å². The molecule has 4 nitrogen and oxygen atoms in total. The third kappa shape index (κ3) is 4.37. The Balaban J connectivity index is 2.17. The Morgan fingerprint density at radius 1 is 1.29 bits per heavy atom. The van der Waals surface area contributed by atoms with Gasteiger partial charge >= 0.3 is 0 Å². The molecule has 0 bridgehead atoms. The molecule has 0 amide bonds. The fourth-order valence-electron chi connectivity index (χ4n) is 1.89. The van der Waals surface area contributed by atoms with Gasteiger partial charge in [0.2, 0.25) is 10.0 Å². The molecule has 2 aromatic heterocycles. The number of hydrogen-bond acceptors (Lipinski definition) is 5. The van der Waals surface area contributed by atoms with Crippen LogP contribution in [0.3, 0.4) is 0 Å². The van der Waals surface area contributed by atoms with E-state index in [2.05, 4.69) is 26.0 Å². The summed E-state index contributed by atoms with van der Waals surface area (Å²) in [6.07, 6.45) is 0. The van der Waals surface area contributed by atoms with E-state index in [0.717, 1.165) is 25.6 Å². The van der Waals surface area contributed by atoms with Crippen LogP contribution in [0.1, 0.15) is 22.2 Å². The van der Waals surface area contributed by atoms with Crippen molar-refractivity contribution >= 4 is 48.6 Å². The van der Waals surface area contributed by atoms with Gasteiger partial charge in [-0.25, -0.2) is 13.1 Å². The first-order valence-corrected chi connectivity index (χ1v) is 10.4. The quantitative estimate of drug-likeness (QED) is 0.736. The smallest absolute Gasteiger partial charge is 0.242 e. The molecule has 0 aromatic carbocycles. The lowest BCUT2D eigenvalue weighted by atomic mass is 10.3. The Kier molecular flexibility index (Phi) is 5.98. The summed E-state index contributed by atoms with van der Waals surface area (Å²) in [7, 11) is -3.49. The molecule has 0 saturated heterocycles. The number of halogens is 1. The van der Waals surface area contributed by atoms with Crippen LogP contribution in [0.5, 0.6) is 0 Å². The monoisotopic (exact) mass is 408 g/mol. The predicted octanol–water partition coefficient (Wildman–Crippen LogP) is 3.47. The molecule has 8 heteroatoms. The molecule has 0 spiro atoms. The molecule has 0 radical (unpaired) electrons. The van der Waals surface area contributed by atoms with Crippen LogP contribution in [-0.2, 0) is 23.1 Å². The molecule has 0 aliphatic heterocycles. The van der Waals surface area contributed by atoms with Crippen molar-refractivity contribution in [3.63, 3.8) is 0 Å². The lowest BCUT2D eigenvalue weighted by Crippen LogP contribution is -2.25. The van der Waals surface area contributed by atoms with Gasteiger partial charge in [0.15, 0.2) is 0 Å². The van der Waals surface area contributed by atoms with E-state index in [9.17, 15) is 8.42 Å². The van der Waals surface area contributed by atoms with E-state index in [1.807, 2.05) is 31.4 Å². The van der Waals surface area contributed by atoms with Gasteiger partial charge in [0, 0.05) is 22.8 Å². The Morgan fingerprint density at radius 2 is 2.05 bits per heavy atom. The van der Waals surface area contributed by atoms with Crippen molar-refractivity contribution in [3.8, 4) is 0 Å². The average molecular weight is 409 g/mol. The summed E-state index contributed by atoms with van der Waals surface area (Å²) in [5.74, 6) is 0. The third-order valence-corrected chi connectivity index (χ3v) is 7.35. The molecular formula is C13H17BrN2O2S3. The Labute approximate surface area is 141 Å². The molecule has 2 rings (SSSR count). The van der Waals surface area contributed by atoms with Crippen LogP contribution in [-0.4, -0.2) is 15.0 Å². The second-order valence-corrected chi connectivity index (χ2v) is 9.70. The maximum absolute atomic E-state index is 12.5. The van der Waals surface area contributed by atoms with Crippen molar-refractivity contribution in [1.29, 1.82) is 0 Å². The first-order chi connectivity index (χ1) is 9.94. The van der Waals surface area contributed by atoms with Gasteiger partial charge in [0.1, 0.15) is 4.90 Å². The maximum atomic E-state index is 12.5. The van der Waals surface area contributed by atoms with Gasteiger partial charge in [0.25, 0.3) is 0 Å². The Bertz CT molecular complexity index is 707. The summed E-state index contributed by atoms with van der Waals surface area (Å²) in [5, 5.41) is 5.07. The van der Waals surface area contributed by atoms with E-state index < -0.39 is 10.0 Å². The van der Waals surface area contributed by atoms with Crippen LogP contribution in [0.4, 0.5) is 0 Å². The lowest BCUT2D eigenvalue weighted by molar-refractivity contribution is 0.579. The van der Waals surface area contributed by atoms with Crippen molar-refractivity contribution < 1.29 is 8.42 Å². The predicted molar refractivity (Wildman–Crippen MR) is 92.5 cm³/mol. The van der Waals surface area contributed by atoms with E-state index in [0.29, 0.717) is 18.0 Å². The number of hydrogen-bond donors (Lipinski definition) is 2. The van der Waals surface area contributed by atoms with Crippen molar-refractivity contribution in [2.75, 3.05) is 6.54 Å². The minimum Gasteiger partial charge on any atom is -0.312 e. The molecule has 116 valence electrons. The second-order valence-electron chi connectivity index (χ2n) is 4.48. The summed E-state index contributed by atoms with van der Waals surface area (Å²) in [5.41, 5.74) is 0.799. The number of aryl methyl sites for hydroxylation is 1. The van der Waals surface area contributed by atoms with Crippen LogP contribution >= 0.6 is 38.6 Å². The van der Waals surface area contributed by atoms with Gasteiger partial charge in [-0.1, -0.05) is 6.92 Å². The highest BCUT2D eigenvalue weighted by molar-refractivity contribution is 9.11. The summed E-state index contributed by atoms with van der Waals surface area (Å²) in [6, 6.07) is 3.83. The molecule has 0 aliphatic rings. The van der Waals surface area contributed by atoms with Gasteiger partial charge in [-0.05, 0) is 52.5 Å². The van der Waals surface area contributed by atoms with Crippen molar-refractivity contribution in [3.05, 3.63) is 36.6 Å². The van der Waals surface area contributed by atoms with Gasteiger partial charge in [0.05, 0.1) is 3.79 Å². The van der Waals surface area contributed by atoms with Crippen LogP contribution < -0.4 is 10.0 Å². The number of thiophene rings is 2. The first kappa shape index (κ1) is 17.1. The van der Waals surface area contributed by atoms with Crippen molar-refractivity contribution in [2.24, 2.45) is 0 Å². The van der Waals surface area contributed by atoms with E-state index in [4.69, 9.17) is 0 Å². The Hall–Kier alpha value is -0.250. The normalized spacial score (nSPS) is 12.0. The summed E-state index contributed by atoms with van der Waals surface area (Å²) in [6.45, 7) is 5.54. The zero-order valence-corrected chi connectivity index (χ0v) is 15.8. The zero-order chi connectivity index (χ0) is 15.5. The molecule has 0 aliphatic carbocycles. The van der Waals surface area contributed by atoms with Crippen LogP contribution in [0, 0.1) is 6.92 Å². The van der Waals surface area contributed by atoms with Gasteiger partial charge in [-0.15, -0.1) is 22.7 Å². The number of nitrogens with one attached hydrogen (secondary N) is 2. The summed E-state index contributed by atoms with van der Waals surface area (Å²) < 4.78 is 28.8. The minimum atomic E-state index is -3.49. The van der Waals surface area contributed by atoms with E-state index in [-0.39, 0.29) is 0 Å². The summed E-state index contributed by atoms with van der Waals surface area (Å²) in [4.78, 5) is 2.25. The minimum absolute atomic E-state index is 0.314. The van der Waals surface area contributed by atoms with E-state index in [1.54, 1.807) is 0 Å². The van der Waals surface area contributed by atoms with Gasteiger partial charge in [-0.2, -0.15) is 0 Å². The summed E-state index contributed by atoms with van der Waals surface area (Å²) >= 11 is 6.39. The molecule has 2 heterocycles. The van der Waals surface area contributed by atoms with Crippen molar-refractivity contribution in [1.82, 2.24) is 10.0 Å². The van der Waals surface area contributed by atoms with E-state index in [1.165, 1.54) is 22.7 Å². The van der Waals surface area contributed by atoms with Crippen LogP contribution in [0.2, 0.25) is 0 Å². The SMILES string of the molecule is CCNCc1scc(C)c1S(=O)(=O)NCc1ccc(Br)s1. The van der Waals surface area contributed by atoms with E-state index >= 15 is 0 Å². The molecule has 2 aromatic rings. The lowest BCUT2D eigenvalue weighted by Gasteiger charge is -2.09. The number of sulfonamides is 1. The van der Waals surface area contributed by atoms with Crippen molar-refractivity contribution in [2.45, 2.75) is 31.8 Å². The zero-order valence-electron chi connectivity index (χ0n) is 11.8. The average Bonchev–Trinajstić information content (AvgIpc) is 3.00. The molecule has 0 saturated carbocycles. The number of rotatable bonds is 7. The van der Waals surface area contributed by atoms with Gasteiger partial charge < -0.3 is 5.32 Å². The Morgan fingerprint density at radius 3 is 2.67 bits per heavy atom. The molecule has 21 heavy (non-hydrogen) atoms. The molecule has 0 fully saturated rings. The fourth-order valence-corrected chi connectivity index (χ4v) is 6.19. The molecular weight excluding hydrogens is 392 g/mol. The highest BCUT2D eigenvalue weighted by atomic mass is 79.9. The largest absolute Gasteiger partial charge is 0.312 e. The molecule has 0 unspecified atom stereocenters. The third-order valence-electron chi connectivity index (χ3n) is 2.86. The fraction of sp³-hybridized carbons (Fsp3) is 0.385. The van der Waals surface area contributed by atoms with Crippen LogP contribution in [0.25, 0.3) is 0 Å². The highest BCUT2D eigenvalue weighted by Crippen LogP contribution is 2.27. The standard InChI is InChI=1S/C13H17BrN2O2S3/c1-3-15-7-11-13(9(2)8-19-11)21(17,18)16-6-10-4-5-12(14)20-10/h4-5,8,15-16H,3,6-7H2,1-2H3. The second kappa shape index (κ2) is 7.34. The first-order valence-electron chi connectivity index (χ1n) is 6.45. The maximum Gasteiger partial charge on any atom is 0.242 e. The molecule has 2 N–H and O–H groups in total.